The standard InChI is InChI=1S/C10H13NO3S/c1-2-6-15-7-5-11-9-4-3-8(14-9)10(12)13/h2-4,11H,1,5-7H2,(H,12,13). The maximum absolute atomic E-state index is 10.5. The predicted molar refractivity (Wildman–Crippen MR) is 61.7 cm³/mol. The van der Waals surface area contributed by atoms with Gasteiger partial charge in [-0.15, -0.1) is 6.58 Å². The quantitative estimate of drug-likeness (QED) is 0.553. The molecule has 1 aromatic rings. The van der Waals surface area contributed by atoms with Crippen LogP contribution in [-0.2, 0) is 0 Å². The van der Waals surface area contributed by atoms with Crippen LogP contribution in [0.1, 0.15) is 10.6 Å². The molecule has 0 aromatic carbocycles. The van der Waals surface area contributed by atoms with Crippen LogP contribution in [0.25, 0.3) is 0 Å². The Balaban J connectivity index is 2.25. The van der Waals surface area contributed by atoms with Crippen molar-refractivity contribution in [1.82, 2.24) is 0 Å². The molecule has 0 aliphatic rings. The van der Waals surface area contributed by atoms with Crippen LogP contribution in [0.5, 0.6) is 0 Å². The Hall–Kier alpha value is -1.36. The number of furan rings is 1. The van der Waals surface area contributed by atoms with E-state index in [1.165, 1.54) is 6.07 Å². The van der Waals surface area contributed by atoms with E-state index in [1.807, 2.05) is 6.08 Å². The van der Waals surface area contributed by atoms with Gasteiger partial charge in [-0.25, -0.2) is 4.79 Å². The van der Waals surface area contributed by atoms with Crippen molar-refractivity contribution in [3.63, 3.8) is 0 Å². The minimum Gasteiger partial charge on any atom is -0.475 e. The summed E-state index contributed by atoms with van der Waals surface area (Å²) >= 11 is 1.75. The van der Waals surface area contributed by atoms with Gasteiger partial charge in [-0.3, -0.25) is 0 Å². The van der Waals surface area contributed by atoms with Gasteiger partial charge in [0, 0.05) is 24.1 Å². The van der Waals surface area contributed by atoms with Gasteiger partial charge in [0.25, 0.3) is 0 Å². The molecular formula is C10H13NO3S. The summed E-state index contributed by atoms with van der Waals surface area (Å²) in [7, 11) is 0. The largest absolute Gasteiger partial charge is 0.475 e. The number of thioether (sulfide) groups is 1. The van der Waals surface area contributed by atoms with Crippen molar-refractivity contribution in [2.75, 3.05) is 23.4 Å². The fraction of sp³-hybridized carbons (Fsp3) is 0.300. The second-order valence-electron chi connectivity index (χ2n) is 2.76. The van der Waals surface area contributed by atoms with Gasteiger partial charge in [0.15, 0.2) is 5.88 Å². The molecule has 0 saturated heterocycles. The Bertz CT molecular complexity index is 335. The van der Waals surface area contributed by atoms with Crippen LogP contribution < -0.4 is 5.32 Å². The molecule has 0 aliphatic carbocycles. The van der Waals surface area contributed by atoms with Crippen molar-refractivity contribution in [3.05, 3.63) is 30.5 Å². The van der Waals surface area contributed by atoms with E-state index in [0.717, 1.165) is 18.1 Å². The van der Waals surface area contributed by atoms with E-state index < -0.39 is 5.97 Å². The van der Waals surface area contributed by atoms with Gasteiger partial charge in [0.2, 0.25) is 5.76 Å². The van der Waals surface area contributed by atoms with E-state index >= 15 is 0 Å². The van der Waals surface area contributed by atoms with Crippen LogP contribution in [0, 0.1) is 0 Å². The lowest BCUT2D eigenvalue weighted by atomic mass is 10.5. The summed E-state index contributed by atoms with van der Waals surface area (Å²) in [5.74, 6) is 1.24. The van der Waals surface area contributed by atoms with Crippen molar-refractivity contribution in [2.45, 2.75) is 0 Å². The third kappa shape index (κ3) is 4.12. The highest BCUT2D eigenvalue weighted by Gasteiger charge is 2.07. The molecule has 0 aliphatic heterocycles. The van der Waals surface area contributed by atoms with Crippen molar-refractivity contribution >= 4 is 23.6 Å². The molecule has 0 fully saturated rings. The Labute approximate surface area is 92.4 Å². The maximum atomic E-state index is 10.5. The fourth-order valence-electron chi connectivity index (χ4n) is 0.961. The first kappa shape index (κ1) is 11.7. The highest BCUT2D eigenvalue weighted by molar-refractivity contribution is 7.99. The lowest BCUT2D eigenvalue weighted by molar-refractivity contribution is 0.0663. The average Bonchev–Trinajstić information content (AvgIpc) is 2.66. The van der Waals surface area contributed by atoms with Crippen LogP contribution in [0.15, 0.2) is 29.2 Å². The number of nitrogens with one attached hydrogen (secondary N) is 1. The molecule has 2 N–H and O–H groups in total. The van der Waals surface area contributed by atoms with E-state index in [1.54, 1.807) is 17.8 Å². The summed E-state index contributed by atoms with van der Waals surface area (Å²) in [4.78, 5) is 10.5. The summed E-state index contributed by atoms with van der Waals surface area (Å²) in [6.07, 6.45) is 1.85. The molecule has 1 aromatic heterocycles. The minimum atomic E-state index is -1.05. The van der Waals surface area contributed by atoms with E-state index in [9.17, 15) is 4.79 Å². The number of aromatic carboxylic acids is 1. The highest BCUT2D eigenvalue weighted by Crippen LogP contribution is 2.13. The van der Waals surface area contributed by atoms with Crippen molar-refractivity contribution in [1.29, 1.82) is 0 Å². The third-order valence-corrected chi connectivity index (χ3v) is 2.56. The second-order valence-corrected chi connectivity index (χ2v) is 3.91. The molecule has 82 valence electrons. The summed E-state index contributed by atoms with van der Waals surface area (Å²) in [6.45, 7) is 4.36. The molecule has 15 heavy (non-hydrogen) atoms. The zero-order valence-electron chi connectivity index (χ0n) is 8.23. The summed E-state index contributed by atoms with van der Waals surface area (Å²) in [6, 6.07) is 3.04. The molecule has 0 saturated carbocycles. The molecular weight excluding hydrogens is 214 g/mol. The van der Waals surface area contributed by atoms with Gasteiger partial charge in [-0.1, -0.05) is 6.08 Å². The summed E-state index contributed by atoms with van der Waals surface area (Å²) < 4.78 is 5.01. The summed E-state index contributed by atoms with van der Waals surface area (Å²) in [5, 5.41) is 11.6. The zero-order chi connectivity index (χ0) is 11.1. The normalized spacial score (nSPS) is 9.87. The van der Waals surface area contributed by atoms with Crippen LogP contribution in [0.2, 0.25) is 0 Å². The predicted octanol–water partition coefficient (Wildman–Crippen LogP) is 2.31. The monoisotopic (exact) mass is 227 g/mol. The number of carboxylic acid groups (broad SMARTS) is 1. The number of carbonyl (C=O) groups is 1. The van der Waals surface area contributed by atoms with E-state index in [2.05, 4.69) is 11.9 Å². The number of hydrogen-bond donors (Lipinski definition) is 2. The van der Waals surface area contributed by atoms with Crippen molar-refractivity contribution < 1.29 is 14.3 Å². The van der Waals surface area contributed by atoms with Gasteiger partial charge in [-0.05, 0) is 6.07 Å². The number of hydrogen-bond acceptors (Lipinski definition) is 4. The Morgan fingerprint density at radius 1 is 1.67 bits per heavy atom. The van der Waals surface area contributed by atoms with Crippen LogP contribution in [-0.4, -0.2) is 29.1 Å². The molecule has 0 amide bonds. The molecule has 0 spiro atoms. The van der Waals surface area contributed by atoms with Gasteiger partial charge in [0.1, 0.15) is 0 Å². The first-order valence-corrected chi connectivity index (χ1v) is 5.65. The van der Waals surface area contributed by atoms with Gasteiger partial charge in [0.05, 0.1) is 0 Å². The van der Waals surface area contributed by atoms with Gasteiger partial charge < -0.3 is 14.8 Å². The number of rotatable bonds is 7. The highest BCUT2D eigenvalue weighted by atomic mass is 32.2. The molecule has 1 rings (SSSR count). The van der Waals surface area contributed by atoms with Crippen LogP contribution >= 0.6 is 11.8 Å². The lowest BCUT2D eigenvalue weighted by Gasteiger charge is -2.00. The smallest absolute Gasteiger partial charge is 0.371 e. The number of anilines is 1. The molecule has 4 nitrogen and oxygen atoms in total. The third-order valence-electron chi connectivity index (χ3n) is 1.60. The minimum absolute atomic E-state index is 0.0451. The second kappa shape index (κ2) is 6.19. The first-order valence-electron chi connectivity index (χ1n) is 4.49. The molecule has 1 heterocycles. The SMILES string of the molecule is C=CCSCCNc1ccc(C(=O)O)o1. The van der Waals surface area contributed by atoms with E-state index in [0.29, 0.717) is 5.88 Å². The van der Waals surface area contributed by atoms with E-state index in [4.69, 9.17) is 9.52 Å². The van der Waals surface area contributed by atoms with Crippen molar-refractivity contribution in [3.8, 4) is 0 Å². The lowest BCUT2D eigenvalue weighted by Crippen LogP contribution is -2.03. The van der Waals surface area contributed by atoms with Crippen molar-refractivity contribution in [2.24, 2.45) is 0 Å². The van der Waals surface area contributed by atoms with Gasteiger partial charge in [-0.2, -0.15) is 11.8 Å². The molecule has 0 unspecified atom stereocenters. The topological polar surface area (TPSA) is 62.5 Å². The van der Waals surface area contributed by atoms with Crippen LogP contribution in [0.3, 0.4) is 0 Å². The van der Waals surface area contributed by atoms with E-state index in [-0.39, 0.29) is 5.76 Å². The molecule has 0 bridgehead atoms. The fourth-order valence-corrected chi connectivity index (χ4v) is 1.54. The Morgan fingerprint density at radius 3 is 3.07 bits per heavy atom. The molecule has 0 atom stereocenters. The Morgan fingerprint density at radius 2 is 2.47 bits per heavy atom. The summed E-state index contributed by atoms with van der Waals surface area (Å²) in [5.41, 5.74) is 0. The zero-order valence-corrected chi connectivity index (χ0v) is 9.05. The van der Waals surface area contributed by atoms with Gasteiger partial charge >= 0.3 is 5.97 Å². The Kier molecular flexibility index (Phi) is 4.83. The first-order chi connectivity index (χ1) is 7.24. The average molecular weight is 227 g/mol. The van der Waals surface area contributed by atoms with Crippen LogP contribution in [0.4, 0.5) is 5.88 Å². The number of carboxylic acids is 1. The molecule has 5 heteroatoms. The molecule has 0 radical (unpaired) electrons. The maximum Gasteiger partial charge on any atom is 0.371 e.